The Morgan fingerprint density at radius 1 is 0.273 bits per heavy atom. The highest BCUT2D eigenvalue weighted by Gasteiger charge is 2.19. The summed E-state index contributed by atoms with van der Waals surface area (Å²) >= 11 is 0. The van der Waals surface area contributed by atoms with Gasteiger partial charge in [0.25, 0.3) is 0 Å². The van der Waals surface area contributed by atoms with Gasteiger partial charge < -0.3 is 14.2 Å². The summed E-state index contributed by atoms with van der Waals surface area (Å²) in [5, 5.41) is 0. The highest BCUT2D eigenvalue weighted by Crippen LogP contribution is 2.15. The van der Waals surface area contributed by atoms with Gasteiger partial charge in [-0.15, -0.1) is 0 Å². The first-order valence-electron chi connectivity index (χ1n) is 31.3. The van der Waals surface area contributed by atoms with Crippen LogP contribution in [-0.2, 0) is 28.6 Å². The standard InChI is InChI=1S/C71H114O6/c1-4-7-10-13-15-17-19-21-23-25-27-29-31-33-35-37-39-41-43-45-47-49-51-53-55-58-61-64-70(73)76-67-68(66-75-69(72)63-60-57-12-9-6-3)77-71(74)65-62-59-56-54-52-50-48-46-44-42-40-38-36-34-32-30-28-26-24-22-20-18-16-14-11-8-5-2/h7-8,10-11,15-18,21-24,27-30,33-36,39-42,68H,4-6,9,12-14,19-20,25-26,31-32,37-38,43-67H2,1-3H3/b10-7-,11-8-,17-15-,18-16-,23-21-,24-22-,29-27-,30-28-,35-33-,36-34-,41-39-,42-40-. The van der Waals surface area contributed by atoms with Crippen LogP contribution in [0.3, 0.4) is 0 Å². The predicted octanol–water partition coefficient (Wildman–Crippen LogP) is 21.5. The lowest BCUT2D eigenvalue weighted by Crippen LogP contribution is -2.30. The van der Waals surface area contributed by atoms with Gasteiger partial charge in [-0.1, -0.05) is 269 Å². The largest absolute Gasteiger partial charge is 0.462 e. The zero-order valence-corrected chi connectivity index (χ0v) is 49.7. The van der Waals surface area contributed by atoms with Gasteiger partial charge in [0.1, 0.15) is 13.2 Å². The van der Waals surface area contributed by atoms with Crippen LogP contribution in [0.4, 0.5) is 0 Å². The Bertz CT molecular complexity index is 1700. The average Bonchev–Trinajstić information content (AvgIpc) is 3.43. The molecular formula is C71H114O6. The van der Waals surface area contributed by atoms with Crippen molar-refractivity contribution in [1.82, 2.24) is 0 Å². The Kier molecular flexibility index (Phi) is 59.9. The van der Waals surface area contributed by atoms with Gasteiger partial charge in [0.15, 0.2) is 6.10 Å². The lowest BCUT2D eigenvalue weighted by atomic mass is 10.1. The van der Waals surface area contributed by atoms with Crippen LogP contribution in [-0.4, -0.2) is 37.2 Å². The van der Waals surface area contributed by atoms with E-state index in [0.717, 1.165) is 161 Å². The number of allylic oxidation sites excluding steroid dienone is 24. The highest BCUT2D eigenvalue weighted by atomic mass is 16.6. The predicted molar refractivity (Wildman–Crippen MR) is 334 cm³/mol. The topological polar surface area (TPSA) is 78.9 Å². The maximum absolute atomic E-state index is 12.8. The molecule has 0 N–H and O–H groups in total. The first-order valence-corrected chi connectivity index (χ1v) is 31.3. The Morgan fingerprint density at radius 2 is 0.506 bits per heavy atom. The molecule has 434 valence electrons. The second-order valence-corrected chi connectivity index (χ2v) is 20.2. The first-order chi connectivity index (χ1) is 38.0. The maximum atomic E-state index is 12.8. The first kappa shape index (κ1) is 72.3. The van der Waals surface area contributed by atoms with Gasteiger partial charge in [-0.3, -0.25) is 14.4 Å². The molecule has 77 heavy (non-hydrogen) atoms. The van der Waals surface area contributed by atoms with Crippen LogP contribution < -0.4 is 0 Å². The number of carbonyl (C=O) groups is 3. The summed E-state index contributed by atoms with van der Waals surface area (Å²) in [6.07, 6.45) is 91.8. The zero-order valence-electron chi connectivity index (χ0n) is 49.7. The van der Waals surface area contributed by atoms with E-state index in [1.807, 2.05) is 0 Å². The van der Waals surface area contributed by atoms with Crippen molar-refractivity contribution in [2.24, 2.45) is 0 Å². The van der Waals surface area contributed by atoms with Gasteiger partial charge in [-0.25, -0.2) is 0 Å². The molecule has 1 atom stereocenters. The molecule has 0 aromatic heterocycles. The van der Waals surface area contributed by atoms with E-state index in [0.29, 0.717) is 19.3 Å². The summed E-state index contributed by atoms with van der Waals surface area (Å²) in [6, 6.07) is 0. The van der Waals surface area contributed by atoms with Crippen LogP contribution in [0.5, 0.6) is 0 Å². The molecule has 0 aliphatic heterocycles. The van der Waals surface area contributed by atoms with Crippen LogP contribution in [0.15, 0.2) is 146 Å². The van der Waals surface area contributed by atoms with Crippen LogP contribution in [0, 0.1) is 0 Å². The SMILES string of the molecule is CC/C=C\C/C=C\C/C=C\C/C=C\C/C=C\C/C=C\CCCCCCCCCCC(=O)OCC(COC(=O)CCCCCCC)OC(=O)CCCCCCCCCC/C=C\C/C=C\C/C=C\C/C=C\C/C=C\C/C=C\CC. The molecule has 0 aliphatic rings. The van der Waals surface area contributed by atoms with Gasteiger partial charge in [0.05, 0.1) is 0 Å². The van der Waals surface area contributed by atoms with Crippen molar-refractivity contribution in [3.05, 3.63) is 146 Å². The molecule has 0 heterocycles. The summed E-state index contributed by atoms with van der Waals surface area (Å²) in [5.41, 5.74) is 0. The van der Waals surface area contributed by atoms with Crippen molar-refractivity contribution in [2.45, 2.75) is 271 Å². The fourth-order valence-corrected chi connectivity index (χ4v) is 8.21. The monoisotopic (exact) mass is 1060 g/mol. The van der Waals surface area contributed by atoms with Gasteiger partial charge in [0.2, 0.25) is 0 Å². The molecule has 0 radical (unpaired) electrons. The van der Waals surface area contributed by atoms with Crippen molar-refractivity contribution in [3.8, 4) is 0 Å². The smallest absolute Gasteiger partial charge is 0.306 e. The number of ether oxygens (including phenoxy) is 3. The minimum atomic E-state index is -0.789. The number of carbonyl (C=O) groups excluding carboxylic acids is 3. The lowest BCUT2D eigenvalue weighted by molar-refractivity contribution is -0.167. The van der Waals surface area contributed by atoms with E-state index in [1.54, 1.807) is 0 Å². The summed E-state index contributed by atoms with van der Waals surface area (Å²) in [4.78, 5) is 37.9. The van der Waals surface area contributed by atoms with Crippen LogP contribution >= 0.6 is 0 Å². The number of esters is 3. The van der Waals surface area contributed by atoms with Crippen molar-refractivity contribution < 1.29 is 28.6 Å². The van der Waals surface area contributed by atoms with E-state index in [4.69, 9.17) is 14.2 Å². The van der Waals surface area contributed by atoms with Crippen LogP contribution in [0.25, 0.3) is 0 Å². The normalized spacial score (nSPS) is 13.1. The van der Waals surface area contributed by atoms with Crippen LogP contribution in [0.2, 0.25) is 0 Å². The van der Waals surface area contributed by atoms with Gasteiger partial charge in [-0.2, -0.15) is 0 Å². The third kappa shape index (κ3) is 62.0. The van der Waals surface area contributed by atoms with Gasteiger partial charge in [0, 0.05) is 19.3 Å². The molecule has 0 spiro atoms. The highest BCUT2D eigenvalue weighted by molar-refractivity contribution is 5.71. The third-order valence-corrected chi connectivity index (χ3v) is 12.8. The van der Waals surface area contributed by atoms with Gasteiger partial charge in [-0.05, 0) is 122 Å². The minimum Gasteiger partial charge on any atom is -0.462 e. The molecule has 6 heteroatoms. The Hall–Kier alpha value is -4.71. The number of hydrogen-bond donors (Lipinski definition) is 0. The van der Waals surface area contributed by atoms with E-state index >= 15 is 0 Å². The van der Waals surface area contributed by atoms with E-state index < -0.39 is 6.10 Å². The van der Waals surface area contributed by atoms with Crippen molar-refractivity contribution in [2.75, 3.05) is 13.2 Å². The second kappa shape index (κ2) is 63.8. The summed E-state index contributed by atoms with van der Waals surface area (Å²) in [6.45, 7) is 6.31. The van der Waals surface area contributed by atoms with Crippen molar-refractivity contribution >= 4 is 17.9 Å². The van der Waals surface area contributed by atoms with Crippen molar-refractivity contribution in [3.63, 3.8) is 0 Å². The Labute approximate surface area is 474 Å². The van der Waals surface area contributed by atoms with E-state index in [-0.39, 0.29) is 31.1 Å². The third-order valence-electron chi connectivity index (χ3n) is 12.8. The second-order valence-electron chi connectivity index (χ2n) is 20.2. The molecule has 0 bridgehead atoms. The molecule has 0 aliphatic carbocycles. The fourth-order valence-electron chi connectivity index (χ4n) is 8.21. The maximum Gasteiger partial charge on any atom is 0.306 e. The van der Waals surface area contributed by atoms with Gasteiger partial charge >= 0.3 is 17.9 Å². The molecule has 0 rings (SSSR count). The molecular weight excluding hydrogens is 949 g/mol. The summed E-state index contributed by atoms with van der Waals surface area (Å²) in [7, 11) is 0. The van der Waals surface area contributed by atoms with Crippen LogP contribution in [0.1, 0.15) is 265 Å². The van der Waals surface area contributed by atoms with E-state index in [9.17, 15) is 14.4 Å². The molecule has 1 unspecified atom stereocenters. The molecule has 0 aromatic carbocycles. The number of unbranched alkanes of at least 4 members (excludes halogenated alkanes) is 20. The lowest BCUT2D eigenvalue weighted by Gasteiger charge is -2.18. The average molecular weight is 1060 g/mol. The molecule has 0 saturated carbocycles. The summed E-state index contributed by atoms with van der Waals surface area (Å²) in [5.74, 6) is -0.923. The van der Waals surface area contributed by atoms with Crippen molar-refractivity contribution in [1.29, 1.82) is 0 Å². The number of hydrogen-bond acceptors (Lipinski definition) is 6. The number of rotatable bonds is 55. The summed E-state index contributed by atoms with van der Waals surface area (Å²) < 4.78 is 16.8. The van der Waals surface area contributed by atoms with E-state index in [1.165, 1.54) is 64.2 Å². The minimum absolute atomic E-state index is 0.0890. The molecule has 6 nitrogen and oxygen atoms in total. The molecule has 0 saturated heterocycles. The van der Waals surface area contributed by atoms with E-state index in [2.05, 4.69) is 167 Å². The molecule has 0 aromatic rings. The Morgan fingerprint density at radius 3 is 0.792 bits per heavy atom. The Balaban J connectivity index is 4.14. The fraction of sp³-hybridized carbons (Fsp3) is 0.620. The quantitative estimate of drug-likeness (QED) is 0.0261. The zero-order chi connectivity index (χ0) is 55.7. The molecule has 0 amide bonds. The molecule has 0 fully saturated rings.